The first kappa shape index (κ1) is 20.1. The van der Waals surface area contributed by atoms with Crippen LogP contribution in [0.5, 0.6) is 0 Å². The Labute approximate surface area is 167 Å². The minimum atomic E-state index is 0.306. The van der Waals surface area contributed by atoms with Crippen molar-refractivity contribution in [1.82, 2.24) is 20.4 Å². The second-order valence-corrected chi connectivity index (χ2v) is 11.3. The van der Waals surface area contributed by atoms with Crippen molar-refractivity contribution in [1.29, 1.82) is 0 Å². The van der Waals surface area contributed by atoms with Gasteiger partial charge < -0.3 is 15.5 Å². The molecule has 4 aliphatic rings. The Balaban J connectivity index is 1.35. The van der Waals surface area contributed by atoms with Crippen LogP contribution >= 0.6 is 0 Å². The third-order valence-electron chi connectivity index (χ3n) is 8.44. The monoisotopic (exact) mass is 376 g/mol. The molecule has 4 rings (SSSR count). The molecule has 4 saturated heterocycles. The van der Waals surface area contributed by atoms with Crippen LogP contribution in [0.4, 0.5) is 0 Å². The van der Waals surface area contributed by atoms with Gasteiger partial charge in [-0.2, -0.15) is 0 Å². The summed E-state index contributed by atoms with van der Waals surface area (Å²) in [7, 11) is 0. The fourth-order valence-corrected chi connectivity index (χ4v) is 7.04. The summed E-state index contributed by atoms with van der Waals surface area (Å²) in [5.41, 5.74) is 1.41. The molecule has 0 aromatic rings. The topological polar surface area (TPSA) is 30.5 Å². The maximum absolute atomic E-state index is 3.90. The first-order valence-electron chi connectivity index (χ1n) is 11.8. The molecule has 0 radical (unpaired) electrons. The van der Waals surface area contributed by atoms with Crippen LogP contribution in [-0.4, -0.2) is 72.2 Å². The molecule has 0 saturated carbocycles. The van der Waals surface area contributed by atoms with E-state index >= 15 is 0 Å². The summed E-state index contributed by atoms with van der Waals surface area (Å²) in [6.45, 7) is 17.4. The minimum Gasteiger partial charge on any atom is -0.317 e. The number of piperidine rings is 2. The van der Waals surface area contributed by atoms with E-state index in [9.17, 15) is 0 Å². The number of hydrogen-bond acceptors (Lipinski definition) is 4. The number of rotatable bonds is 3. The van der Waals surface area contributed by atoms with E-state index in [2.05, 4.69) is 48.1 Å². The molecule has 2 spiro atoms. The highest BCUT2D eigenvalue weighted by Crippen LogP contribution is 2.44. The normalized spacial score (nSPS) is 36.7. The predicted octanol–water partition coefficient (Wildman–Crippen LogP) is 3.23. The molecule has 4 aliphatic heterocycles. The Morgan fingerprint density at radius 3 is 2.52 bits per heavy atom. The molecule has 0 aliphatic carbocycles. The van der Waals surface area contributed by atoms with Crippen molar-refractivity contribution >= 4 is 0 Å². The van der Waals surface area contributed by atoms with Crippen molar-refractivity contribution in [2.75, 3.05) is 39.3 Å². The molecule has 2 N–H and O–H groups in total. The summed E-state index contributed by atoms with van der Waals surface area (Å²) < 4.78 is 0. The summed E-state index contributed by atoms with van der Waals surface area (Å²) in [6, 6.07) is 1.41. The van der Waals surface area contributed by atoms with E-state index in [1.807, 2.05) is 0 Å². The average molecular weight is 377 g/mol. The van der Waals surface area contributed by atoms with Crippen molar-refractivity contribution in [3.63, 3.8) is 0 Å². The van der Waals surface area contributed by atoms with E-state index < -0.39 is 0 Å². The van der Waals surface area contributed by atoms with Gasteiger partial charge in [0.15, 0.2) is 0 Å². The fourth-order valence-electron chi connectivity index (χ4n) is 7.04. The minimum absolute atomic E-state index is 0.306. The zero-order chi connectivity index (χ0) is 19.1. The van der Waals surface area contributed by atoms with Gasteiger partial charge in [-0.15, -0.1) is 0 Å². The van der Waals surface area contributed by atoms with Crippen LogP contribution in [0.3, 0.4) is 0 Å². The van der Waals surface area contributed by atoms with Gasteiger partial charge >= 0.3 is 0 Å². The van der Waals surface area contributed by atoms with Crippen LogP contribution in [0.2, 0.25) is 0 Å². The Morgan fingerprint density at radius 2 is 1.78 bits per heavy atom. The van der Waals surface area contributed by atoms with Crippen LogP contribution in [0, 0.1) is 5.41 Å². The molecule has 4 fully saturated rings. The maximum atomic E-state index is 3.90. The molecule has 3 atom stereocenters. The average Bonchev–Trinajstić information content (AvgIpc) is 3.20. The van der Waals surface area contributed by atoms with Crippen molar-refractivity contribution in [2.24, 2.45) is 5.41 Å². The quantitative estimate of drug-likeness (QED) is 0.792. The molecule has 3 unspecified atom stereocenters. The first-order chi connectivity index (χ1) is 12.8. The molecule has 0 aromatic carbocycles. The number of likely N-dealkylation sites (tertiary alicyclic amines) is 2. The Kier molecular flexibility index (Phi) is 5.66. The van der Waals surface area contributed by atoms with Crippen LogP contribution < -0.4 is 10.6 Å². The lowest BCUT2D eigenvalue weighted by Crippen LogP contribution is -2.60. The Bertz CT molecular complexity index is 507. The predicted molar refractivity (Wildman–Crippen MR) is 114 cm³/mol. The molecular formula is C23H44N4. The van der Waals surface area contributed by atoms with Gasteiger partial charge in [-0.1, -0.05) is 0 Å². The van der Waals surface area contributed by atoms with Gasteiger partial charge in [0.2, 0.25) is 0 Å². The highest BCUT2D eigenvalue weighted by molar-refractivity contribution is 5.06. The maximum Gasteiger partial charge on any atom is 0.0242 e. The summed E-state index contributed by atoms with van der Waals surface area (Å²) in [6.07, 6.45) is 11.0. The van der Waals surface area contributed by atoms with Crippen molar-refractivity contribution < 1.29 is 0 Å². The van der Waals surface area contributed by atoms with Gasteiger partial charge in [-0.05, 0) is 117 Å². The molecule has 156 valence electrons. The molecule has 27 heavy (non-hydrogen) atoms. The van der Waals surface area contributed by atoms with Gasteiger partial charge in [0.1, 0.15) is 0 Å². The van der Waals surface area contributed by atoms with Crippen molar-refractivity contribution in [3.8, 4) is 0 Å². The number of nitrogens with one attached hydrogen (secondary N) is 2. The third kappa shape index (κ3) is 4.10. The van der Waals surface area contributed by atoms with E-state index in [0.29, 0.717) is 22.5 Å². The van der Waals surface area contributed by atoms with Gasteiger partial charge in [0.25, 0.3) is 0 Å². The summed E-state index contributed by atoms with van der Waals surface area (Å²) >= 11 is 0. The number of hydrogen-bond donors (Lipinski definition) is 2. The third-order valence-corrected chi connectivity index (χ3v) is 8.44. The van der Waals surface area contributed by atoms with Crippen molar-refractivity contribution in [2.45, 2.75) is 102 Å². The van der Waals surface area contributed by atoms with Gasteiger partial charge in [-0.3, -0.25) is 4.90 Å². The molecular weight excluding hydrogens is 332 g/mol. The lowest BCUT2D eigenvalue weighted by Gasteiger charge is -2.51. The smallest absolute Gasteiger partial charge is 0.0242 e. The molecule has 0 aromatic heterocycles. The van der Waals surface area contributed by atoms with Gasteiger partial charge in [0, 0.05) is 29.7 Å². The van der Waals surface area contributed by atoms with E-state index in [1.165, 1.54) is 90.6 Å². The SMILES string of the molecule is CC(CC1CC2(CCCN2C(C)(C)C)CCN1)N1CCC2(CCNCC2)C1. The Hall–Kier alpha value is -0.160. The molecule has 4 heteroatoms. The molecule has 4 heterocycles. The van der Waals surface area contributed by atoms with Crippen LogP contribution in [0.1, 0.15) is 79.1 Å². The highest BCUT2D eigenvalue weighted by Gasteiger charge is 2.48. The summed E-state index contributed by atoms with van der Waals surface area (Å²) in [5, 5.41) is 7.46. The zero-order valence-corrected chi connectivity index (χ0v) is 18.4. The highest BCUT2D eigenvalue weighted by atomic mass is 15.3. The lowest BCUT2D eigenvalue weighted by molar-refractivity contribution is 0.00656. The van der Waals surface area contributed by atoms with E-state index in [-0.39, 0.29) is 0 Å². The van der Waals surface area contributed by atoms with Crippen LogP contribution in [-0.2, 0) is 0 Å². The van der Waals surface area contributed by atoms with E-state index in [4.69, 9.17) is 0 Å². The summed E-state index contributed by atoms with van der Waals surface area (Å²) in [5.74, 6) is 0. The van der Waals surface area contributed by atoms with Gasteiger partial charge in [0.05, 0.1) is 0 Å². The summed E-state index contributed by atoms with van der Waals surface area (Å²) in [4.78, 5) is 5.68. The molecule has 0 amide bonds. The fraction of sp³-hybridized carbons (Fsp3) is 1.00. The van der Waals surface area contributed by atoms with Crippen molar-refractivity contribution in [3.05, 3.63) is 0 Å². The second kappa shape index (κ2) is 7.59. The molecule has 4 nitrogen and oxygen atoms in total. The largest absolute Gasteiger partial charge is 0.317 e. The van der Waals surface area contributed by atoms with E-state index in [0.717, 1.165) is 6.04 Å². The molecule has 0 bridgehead atoms. The number of nitrogens with zero attached hydrogens (tertiary/aromatic N) is 2. The first-order valence-corrected chi connectivity index (χ1v) is 11.8. The standard InChI is InChI=1S/C23H44N4/c1-19(26-15-10-22(18-26)7-11-24-12-8-22)16-20-17-23(9-13-25-20)6-5-14-27(23)21(2,3)4/h19-20,24-25H,5-18H2,1-4H3. The zero-order valence-electron chi connectivity index (χ0n) is 18.4. The van der Waals surface area contributed by atoms with E-state index in [1.54, 1.807) is 0 Å². The lowest BCUT2D eigenvalue weighted by atomic mass is 9.78. The Morgan fingerprint density at radius 1 is 1.00 bits per heavy atom. The van der Waals surface area contributed by atoms with Crippen LogP contribution in [0.15, 0.2) is 0 Å². The van der Waals surface area contributed by atoms with Crippen LogP contribution in [0.25, 0.3) is 0 Å². The van der Waals surface area contributed by atoms with Gasteiger partial charge in [-0.25, -0.2) is 0 Å². The second-order valence-electron chi connectivity index (χ2n) is 11.3.